The first-order valence-electron chi connectivity index (χ1n) is 5.81. The Hall–Kier alpha value is -1.82. The maximum absolute atomic E-state index is 12.4. The standard InChI is InChI=1S/C14H7Cl2NO3S/c15-8-4-3-7(6-9(8)16)17-13(19)11(12(18)14(17)20)10-2-1-5-21-10/h1-6,18H. The number of aliphatic hydroxyl groups is 1. The zero-order chi connectivity index (χ0) is 15.1. The number of carbonyl (C=O) groups excluding carboxylic acids is 2. The van der Waals surface area contributed by atoms with Crippen molar-refractivity contribution in [2.24, 2.45) is 0 Å². The van der Waals surface area contributed by atoms with E-state index in [4.69, 9.17) is 23.2 Å². The fourth-order valence-electron chi connectivity index (χ4n) is 2.02. The number of hydrogen-bond acceptors (Lipinski definition) is 4. The number of halogens is 2. The lowest BCUT2D eigenvalue weighted by Crippen LogP contribution is -2.31. The molecule has 0 saturated carbocycles. The third-order valence-electron chi connectivity index (χ3n) is 2.99. The van der Waals surface area contributed by atoms with E-state index >= 15 is 0 Å². The van der Waals surface area contributed by atoms with Gasteiger partial charge in [0.25, 0.3) is 5.91 Å². The van der Waals surface area contributed by atoms with E-state index in [9.17, 15) is 14.7 Å². The number of benzene rings is 1. The van der Waals surface area contributed by atoms with Gasteiger partial charge in [0, 0.05) is 4.88 Å². The number of nitrogens with zero attached hydrogens (tertiary/aromatic N) is 1. The van der Waals surface area contributed by atoms with Crippen LogP contribution in [0.25, 0.3) is 5.57 Å². The lowest BCUT2D eigenvalue weighted by atomic mass is 10.2. The van der Waals surface area contributed by atoms with Crippen molar-refractivity contribution < 1.29 is 14.7 Å². The molecule has 21 heavy (non-hydrogen) atoms. The Morgan fingerprint density at radius 1 is 1.05 bits per heavy atom. The zero-order valence-electron chi connectivity index (χ0n) is 10.3. The van der Waals surface area contributed by atoms with Gasteiger partial charge in [0.2, 0.25) is 0 Å². The minimum atomic E-state index is -0.776. The summed E-state index contributed by atoms with van der Waals surface area (Å²) in [6, 6.07) is 7.79. The van der Waals surface area contributed by atoms with Gasteiger partial charge < -0.3 is 5.11 Å². The number of thiophene rings is 1. The molecule has 0 aliphatic carbocycles. The molecule has 7 heteroatoms. The van der Waals surface area contributed by atoms with Crippen molar-refractivity contribution in [2.75, 3.05) is 4.90 Å². The molecule has 0 radical (unpaired) electrons. The quantitative estimate of drug-likeness (QED) is 0.844. The number of amides is 2. The molecule has 0 bridgehead atoms. The van der Waals surface area contributed by atoms with E-state index in [1.807, 2.05) is 0 Å². The average Bonchev–Trinajstić information content (AvgIpc) is 3.03. The van der Waals surface area contributed by atoms with Crippen LogP contribution in [-0.4, -0.2) is 16.9 Å². The molecule has 0 saturated heterocycles. The van der Waals surface area contributed by atoms with E-state index in [0.717, 1.165) is 4.90 Å². The summed E-state index contributed by atoms with van der Waals surface area (Å²) in [6.45, 7) is 0. The number of carbonyl (C=O) groups is 2. The number of aliphatic hydroxyl groups excluding tert-OH is 1. The zero-order valence-corrected chi connectivity index (χ0v) is 12.7. The summed E-state index contributed by atoms with van der Waals surface area (Å²) >= 11 is 13.0. The normalized spacial score (nSPS) is 15.2. The number of anilines is 1. The van der Waals surface area contributed by atoms with Crippen LogP contribution in [0.4, 0.5) is 5.69 Å². The second-order valence-electron chi connectivity index (χ2n) is 4.25. The minimum absolute atomic E-state index is 0.000993. The van der Waals surface area contributed by atoms with Crippen LogP contribution in [0.3, 0.4) is 0 Å². The van der Waals surface area contributed by atoms with Gasteiger partial charge in [-0.1, -0.05) is 29.3 Å². The largest absolute Gasteiger partial charge is 0.502 e. The first-order valence-corrected chi connectivity index (χ1v) is 7.45. The van der Waals surface area contributed by atoms with Gasteiger partial charge in [0.1, 0.15) is 5.57 Å². The van der Waals surface area contributed by atoms with E-state index < -0.39 is 17.6 Å². The fraction of sp³-hybridized carbons (Fsp3) is 0. The van der Waals surface area contributed by atoms with Gasteiger partial charge in [-0.2, -0.15) is 0 Å². The molecule has 0 spiro atoms. The topological polar surface area (TPSA) is 57.6 Å². The van der Waals surface area contributed by atoms with Gasteiger partial charge in [-0.25, -0.2) is 4.90 Å². The summed E-state index contributed by atoms with van der Waals surface area (Å²) in [5.41, 5.74) is 0.263. The molecule has 2 aromatic rings. The molecule has 1 aliphatic rings. The lowest BCUT2D eigenvalue weighted by molar-refractivity contribution is -0.121. The Kier molecular flexibility index (Phi) is 3.49. The molecular weight excluding hydrogens is 333 g/mol. The van der Waals surface area contributed by atoms with E-state index in [2.05, 4.69) is 0 Å². The highest BCUT2D eigenvalue weighted by Crippen LogP contribution is 2.35. The van der Waals surface area contributed by atoms with Crippen molar-refractivity contribution in [3.63, 3.8) is 0 Å². The third kappa shape index (κ3) is 2.23. The Balaban J connectivity index is 2.06. The maximum atomic E-state index is 12.4. The van der Waals surface area contributed by atoms with E-state index in [0.29, 0.717) is 9.90 Å². The third-order valence-corrected chi connectivity index (χ3v) is 4.61. The number of hydrogen-bond donors (Lipinski definition) is 1. The highest BCUT2D eigenvalue weighted by Gasteiger charge is 2.40. The maximum Gasteiger partial charge on any atom is 0.301 e. The molecule has 2 heterocycles. The van der Waals surface area contributed by atoms with Crippen LogP contribution in [0.5, 0.6) is 0 Å². The van der Waals surface area contributed by atoms with E-state index in [1.165, 1.54) is 29.5 Å². The molecule has 1 N–H and O–H groups in total. The van der Waals surface area contributed by atoms with Crippen molar-refractivity contribution >= 4 is 57.6 Å². The van der Waals surface area contributed by atoms with Crippen LogP contribution in [0.2, 0.25) is 10.0 Å². The van der Waals surface area contributed by atoms with Crippen LogP contribution < -0.4 is 4.90 Å². The van der Waals surface area contributed by atoms with Crippen LogP contribution in [0.1, 0.15) is 4.88 Å². The summed E-state index contributed by atoms with van der Waals surface area (Å²) in [7, 11) is 0. The Bertz CT molecular complexity index is 784. The fourth-order valence-corrected chi connectivity index (χ4v) is 3.07. The molecule has 0 atom stereocenters. The van der Waals surface area contributed by atoms with Crippen molar-refractivity contribution in [2.45, 2.75) is 0 Å². The van der Waals surface area contributed by atoms with Gasteiger partial charge in [-0.15, -0.1) is 11.3 Å². The minimum Gasteiger partial charge on any atom is -0.502 e. The summed E-state index contributed by atoms with van der Waals surface area (Å²) in [6.07, 6.45) is 0. The summed E-state index contributed by atoms with van der Waals surface area (Å²) in [5, 5.41) is 12.3. The summed E-state index contributed by atoms with van der Waals surface area (Å²) < 4.78 is 0. The molecule has 106 valence electrons. The molecule has 1 aromatic carbocycles. The van der Waals surface area contributed by atoms with E-state index in [-0.39, 0.29) is 16.3 Å². The first-order chi connectivity index (χ1) is 10.0. The number of imide groups is 1. The van der Waals surface area contributed by atoms with Crippen molar-refractivity contribution in [1.82, 2.24) is 0 Å². The van der Waals surface area contributed by atoms with Crippen molar-refractivity contribution in [1.29, 1.82) is 0 Å². The van der Waals surface area contributed by atoms with Crippen LogP contribution in [-0.2, 0) is 9.59 Å². The van der Waals surface area contributed by atoms with Gasteiger partial charge in [0.15, 0.2) is 5.76 Å². The molecule has 3 rings (SSSR count). The SMILES string of the molecule is O=C1C(O)=C(c2cccs2)C(=O)N1c1ccc(Cl)c(Cl)c1. The Morgan fingerprint density at radius 2 is 1.81 bits per heavy atom. The molecule has 1 aromatic heterocycles. The molecule has 1 aliphatic heterocycles. The molecule has 2 amide bonds. The smallest absolute Gasteiger partial charge is 0.301 e. The highest BCUT2D eigenvalue weighted by molar-refractivity contribution is 7.11. The number of rotatable bonds is 2. The highest BCUT2D eigenvalue weighted by atomic mass is 35.5. The molecule has 0 fully saturated rings. The van der Waals surface area contributed by atoms with Crippen molar-refractivity contribution in [3.8, 4) is 0 Å². The summed E-state index contributed by atoms with van der Waals surface area (Å²) in [5.74, 6) is -1.92. The summed E-state index contributed by atoms with van der Waals surface area (Å²) in [4.78, 5) is 26.0. The Morgan fingerprint density at radius 3 is 2.43 bits per heavy atom. The molecule has 4 nitrogen and oxygen atoms in total. The second-order valence-corrected chi connectivity index (χ2v) is 6.01. The monoisotopic (exact) mass is 339 g/mol. The van der Waals surface area contributed by atoms with Gasteiger partial charge in [0.05, 0.1) is 15.7 Å². The van der Waals surface area contributed by atoms with Gasteiger partial charge in [-0.05, 0) is 29.6 Å². The van der Waals surface area contributed by atoms with E-state index in [1.54, 1.807) is 17.5 Å². The van der Waals surface area contributed by atoms with Crippen LogP contribution in [0.15, 0.2) is 41.5 Å². The predicted molar refractivity (Wildman–Crippen MR) is 82.8 cm³/mol. The van der Waals surface area contributed by atoms with Crippen LogP contribution in [0, 0.1) is 0 Å². The van der Waals surface area contributed by atoms with Crippen molar-refractivity contribution in [3.05, 3.63) is 56.4 Å². The lowest BCUT2D eigenvalue weighted by Gasteiger charge is -2.14. The van der Waals surface area contributed by atoms with Crippen LogP contribution >= 0.6 is 34.5 Å². The average molecular weight is 340 g/mol. The first kappa shape index (κ1) is 14.1. The predicted octanol–water partition coefficient (Wildman–Crippen LogP) is 3.90. The second kappa shape index (κ2) is 5.18. The van der Waals surface area contributed by atoms with Gasteiger partial charge in [-0.3, -0.25) is 9.59 Å². The van der Waals surface area contributed by atoms with Gasteiger partial charge >= 0.3 is 5.91 Å². The Labute approximate surface area is 133 Å². The molecular formula is C14H7Cl2NO3S. The molecule has 0 unspecified atom stereocenters.